The lowest BCUT2D eigenvalue weighted by Crippen LogP contribution is -2.35. The van der Waals surface area contributed by atoms with Gasteiger partial charge in [-0.25, -0.2) is 4.79 Å². The molecule has 4 nitrogen and oxygen atoms in total. The lowest BCUT2D eigenvalue weighted by atomic mass is 10.0. The highest BCUT2D eigenvalue weighted by Gasteiger charge is 2.18. The molecule has 0 atom stereocenters. The van der Waals surface area contributed by atoms with Crippen molar-refractivity contribution >= 4 is 23.5 Å². The Kier molecular flexibility index (Phi) is 4.86. The second-order valence-electron chi connectivity index (χ2n) is 5.93. The zero-order valence-corrected chi connectivity index (χ0v) is 13.9. The van der Waals surface area contributed by atoms with Gasteiger partial charge in [-0.2, -0.15) is 0 Å². The third kappa shape index (κ3) is 3.44. The van der Waals surface area contributed by atoms with Crippen molar-refractivity contribution in [1.82, 2.24) is 4.90 Å². The lowest BCUT2D eigenvalue weighted by molar-refractivity contribution is 0.0694. The van der Waals surface area contributed by atoms with Crippen LogP contribution in [0.4, 0.5) is 0 Å². The largest absolute Gasteiger partial charge is 0.478 e. The highest BCUT2D eigenvalue weighted by atomic mass is 35.5. The quantitative estimate of drug-likeness (QED) is 0.902. The lowest BCUT2D eigenvalue weighted by Gasteiger charge is -2.26. The molecule has 1 aliphatic heterocycles. The van der Waals surface area contributed by atoms with Crippen LogP contribution in [0.5, 0.6) is 0 Å². The number of rotatable bonds is 3. The van der Waals surface area contributed by atoms with Crippen LogP contribution in [0.15, 0.2) is 42.5 Å². The monoisotopic (exact) mass is 343 g/mol. The molecule has 124 valence electrons. The van der Waals surface area contributed by atoms with E-state index in [-0.39, 0.29) is 11.5 Å². The molecule has 0 bridgehead atoms. The number of aromatic carboxylic acids is 1. The minimum absolute atomic E-state index is 0.0478. The second kappa shape index (κ2) is 7.05. The summed E-state index contributed by atoms with van der Waals surface area (Å²) in [6.45, 7) is 1.63. The minimum atomic E-state index is -0.996. The molecule has 1 amide bonds. The fraction of sp³-hybridized carbons (Fsp3) is 0.263. The molecule has 3 rings (SSSR count). The van der Waals surface area contributed by atoms with Crippen molar-refractivity contribution in [2.75, 3.05) is 13.1 Å². The number of carbonyl (C=O) groups is 2. The van der Waals surface area contributed by atoms with E-state index in [9.17, 15) is 9.59 Å². The van der Waals surface area contributed by atoms with E-state index in [2.05, 4.69) is 0 Å². The molecule has 1 heterocycles. The number of amides is 1. The molecule has 0 saturated carbocycles. The summed E-state index contributed by atoms with van der Waals surface area (Å²) in [5, 5.41) is 9.60. The minimum Gasteiger partial charge on any atom is -0.478 e. The van der Waals surface area contributed by atoms with E-state index in [0.717, 1.165) is 31.5 Å². The Morgan fingerprint density at radius 2 is 1.54 bits per heavy atom. The van der Waals surface area contributed by atoms with Gasteiger partial charge in [-0.05, 0) is 55.2 Å². The first kappa shape index (κ1) is 16.5. The molecule has 24 heavy (non-hydrogen) atoms. The first-order valence-electron chi connectivity index (χ1n) is 7.99. The van der Waals surface area contributed by atoms with Crippen molar-refractivity contribution in [2.24, 2.45) is 0 Å². The predicted octanol–water partition coefficient (Wildman–Crippen LogP) is 4.33. The van der Waals surface area contributed by atoms with E-state index in [1.807, 2.05) is 17.0 Å². The SMILES string of the molecule is O=C(O)c1ccc(Cl)c(-c2ccc(C(=O)N3CCCCC3)cc2)c1. The highest BCUT2D eigenvalue weighted by Crippen LogP contribution is 2.29. The van der Waals surface area contributed by atoms with Gasteiger partial charge in [0.1, 0.15) is 0 Å². The van der Waals surface area contributed by atoms with Crippen LogP contribution in [0.3, 0.4) is 0 Å². The summed E-state index contributed by atoms with van der Waals surface area (Å²) < 4.78 is 0. The molecule has 1 saturated heterocycles. The zero-order valence-electron chi connectivity index (χ0n) is 13.2. The molecule has 1 fully saturated rings. The second-order valence-corrected chi connectivity index (χ2v) is 6.34. The van der Waals surface area contributed by atoms with Crippen LogP contribution in [0.25, 0.3) is 11.1 Å². The van der Waals surface area contributed by atoms with Gasteiger partial charge in [0.05, 0.1) is 5.56 Å². The topological polar surface area (TPSA) is 57.6 Å². The maximum Gasteiger partial charge on any atom is 0.335 e. The summed E-state index contributed by atoms with van der Waals surface area (Å²) in [6.07, 6.45) is 3.30. The van der Waals surface area contributed by atoms with Gasteiger partial charge in [-0.1, -0.05) is 23.7 Å². The Morgan fingerprint density at radius 1 is 0.917 bits per heavy atom. The summed E-state index contributed by atoms with van der Waals surface area (Å²) in [4.78, 5) is 25.5. The average Bonchev–Trinajstić information content (AvgIpc) is 2.62. The normalized spacial score (nSPS) is 14.5. The van der Waals surface area contributed by atoms with Gasteiger partial charge in [0.25, 0.3) is 5.91 Å². The van der Waals surface area contributed by atoms with E-state index in [0.29, 0.717) is 16.1 Å². The predicted molar refractivity (Wildman–Crippen MR) is 93.6 cm³/mol. The van der Waals surface area contributed by atoms with Crippen LogP contribution in [0.2, 0.25) is 5.02 Å². The van der Waals surface area contributed by atoms with E-state index >= 15 is 0 Å². The molecule has 0 unspecified atom stereocenters. The molecule has 2 aromatic carbocycles. The molecule has 1 aliphatic rings. The van der Waals surface area contributed by atoms with E-state index in [4.69, 9.17) is 16.7 Å². The third-order valence-electron chi connectivity index (χ3n) is 4.30. The van der Waals surface area contributed by atoms with Crippen LogP contribution in [0, 0.1) is 0 Å². The number of piperidine rings is 1. The summed E-state index contributed by atoms with van der Waals surface area (Å²) in [7, 11) is 0. The molecule has 1 N–H and O–H groups in total. The Bertz CT molecular complexity index is 765. The first-order chi connectivity index (χ1) is 11.6. The van der Waals surface area contributed by atoms with Crippen molar-refractivity contribution in [3.8, 4) is 11.1 Å². The van der Waals surface area contributed by atoms with Crippen molar-refractivity contribution in [3.05, 3.63) is 58.6 Å². The van der Waals surface area contributed by atoms with Crippen molar-refractivity contribution < 1.29 is 14.7 Å². The van der Waals surface area contributed by atoms with E-state index < -0.39 is 5.97 Å². The van der Waals surface area contributed by atoms with E-state index in [1.165, 1.54) is 12.5 Å². The molecule has 2 aromatic rings. The molecule has 0 aromatic heterocycles. The number of halogens is 1. The maximum atomic E-state index is 12.5. The molecule has 0 radical (unpaired) electrons. The zero-order chi connectivity index (χ0) is 17.1. The van der Waals surface area contributed by atoms with Gasteiger partial charge < -0.3 is 10.0 Å². The molecule has 0 aliphatic carbocycles. The van der Waals surface area contributed by atoms with Crippen molar-refractivity contribution in [3.63, 3.8) is 0 Å². The summed E-state index contributed by atoms with van der Waals surface area (Å²) in [5.41, 5.74) is 2.26. The fourth-order valence-electron chi connectivity index (χ4n) is 2.95. The highest BCUT2D eigenvalue weighted by molar-refractivity contribution is 6.33. The Balaban J connectivity index is 1.85. The van der Waals surface area contributed by atoms with Gasteiger partial charge in [-0.3, -0.25) is 4.79 Å². The number of benzene rings is 2. The van der Waals surface area contributed by atoms with Gasteiger partial charge in [-0.15, -0.1) is 0 Å². The standard InChI is InChI=1S/C19H18ClNO3/c20-17-9-8-15(19(23)24)12-16(17)13-4-6-14(7-5-13)18(22)21-10-2-1-3-11-21/h4-9,12H,1-3,10-11H2,(H,23,24). The summed E-state index contributed by atoms with van der Waals surface area (Å²) in [5.74, 6) is -0.948. The van der Waals surface area contributed by atoms with Crippen LogP contribution < -0.4 is 0 Å². The number of hydrogen-bond acceptors (Lipinski definition) is 2. The van der Waals surface area contributed by atoms with Crippen LogP contribution >= 0.6 is 11.6 Å². The molecular formula is C19H18ClNO3. The Labute approximate surface area is 145 Å². The number of nitrogens with zero attached hydrogens (tertiary/aromatic N) is 1. The van der Waals surface area contributed by atoms with Crippen LogP contribution in [0.1, 0.15) is 40.0 Å². The van der Waals surface area contributed by atoms with E-state index in [1.54, 1.807) is 24.3 Å². The Morgan fingerprint density at radius 3 is 2.17 bits per heavy atom. The number of hydrogen-bond donors (Lipinski definition) is 1. The van der Waals surface area contributed by atoms with Crippen molar-refractivity contribution in [1.29, 1.82) is 0 Å². The molecule has 5 heteroatoms. The maximum absolute atomic E-state index is 12.5. The number of likely N-dealkylation sites (tertiary alicyclic amines) is 1. The van der Waals surface area contributed by atoms with Crippen molar-refractivity contribution in [2.45, 2.75) is 19.3 Å². The van der Waals surface area contributed by atoms with Crippen LogP contribution in [-0.2, 0) is 0 Å². The van der Waals surface area contributed by atoms with Gasteiger partial charge >= 0.3 is 5.97 Å². The van der Waals surface area contributed by atoms with Gasteiger partial charge in [0.15, 0.2) is 0 Å². The van der Waals surface area contributed by atoms with Crippen LogP contribution in [-0.4, -0.2) is 35.0 Å². The third-order valence-corrected chi connectivity index (χ3v) is 4.63. The number of carboxylic acid groups (broad SMARTS) is 1. The summed E-state index contributed by atoms with van der Waals surface area (Å²) in [6, 6.07) is 11.8. The smallest absolute Gasteiger partial charge is 0.335 e. The number of carbonyl (C=O) groups excluding carboxylic acids is 1. The van der Waals surface area contributed by atoms with Gasteiger partial charge in [0, 0.05) is 29.2 Å². The molecule has 0 spiro atoms. The molecular weight excluding hydrogens is 326 g/mol. The van der Waals surface area contributed by atoms with Gasteiger partial charge in [0.2, 0.25) is 0 Å². The Hall–Kier alpha value is -2.33. The average molecular weight is 344 g/mol. The first-order valence-corrected chi connectivity index (χ1v) is 8.36. The summed E-state index contributed by atoms with van der Waals surface area (Å²) >= 11 is 6.19. The fourth-order valence-corrected chi connectivity index (χ4v) is 3.18. The number of carboxylic acids is 1.